The highest BCUT2D eigenvalue weighted by Gasteiger charge is 2.05. The van der Waals surface area contributed by atoms with E-state index in [2.05, 4.69) is 5.32 Å². The molecule has 0 aromatic heterocycles. The highest BCUT2D eigenvalue weighted by Crippen LogP contribution is 2.06. The summed E-state index contributed by atoms with van der Waals surface area (Å²) in [6.45, 7) is 3.75. The molecule has 0 atom stereocenters. The molecule has 0 fully saturated rings. The first kappa shape index (κ1) is 15.7. The number of benzene rings is 1. The number of amides is 1. The van der Waals surface area contributed by atoms with Crippen LogP contribution in [-0.2, 0) is 4.79 Å². The van der Waals surface area contributed by atoms with Crippen molar-refractivity contribution in [2.24, 2.45) is 5.92 Å². The van der Waals surface area contributed by atoms with Gasteiger partial charge < -0.3 is 5.32 Å². The fourth-order valence-corrected chi connectivity index (χ4v) is 0.808. The Balaban J connectivity index is 0. The summed E-state index contributed by atoms with van der Waals surface area (Å²) in [5.74, 6) is 0.0893. The van der Waals surface area contributed by atoms with Crippen LogP contribution < -0.4 is 5.32 Å². The van der Waals surface area contributed by atoms with E-state index in [4.69, 9.17) is 0 Å². The van der Waals surface area contributed by atoms with Crippen molar-refractivity contribution in [3.05, 3.63) is 30.3 Å². The van der Waals surface area contributed by atoms with Crippen molar-refractivity contribution in [1.29, 1.82) is 0 Å². The molecule has 1 N–H and O–H groups in total. The Bertz CT molecular complexity index is 262. The Morgan fingerprint density at radius 3 is 2.07 bits per heavy atom. The molecule has 0 aliphatic heterocycles. The Morgan fingerprint density at radius 2 is 1.64 bits per heavy atom. The Labute approximate surface area is 96.9 Å². The quantitative estimate of drug-likeness (QED) is 0.839. The topological polar surface area (TPSA) is 29.1 Å². The van der Waals surface area contributed by atoms with E-state index in [1.165, 1.54) is 0 Å². The van der Waals surface area contributed by atoms with Gasteiger partial charge in [0.15, 0.2) is 0 Å². The van der Waals surface area contributed by atoms with Crippen LogP contribution in [0.4, 0.5) is 5.69 Å². The normalized spacial score (nSPS) is 8.50. The molecule has 14 heavy (non-hydrogen) atoms. The number of rotatable bonds is 2. The van der Waals surface area contributed by atoms with Gasteiger partial charge in [0.05, 0.1) is 0 Å². The maximum Gasteiger partial charge on any atom is 0.226 e. The molecule has 0 radical (unpaired) electrons. The van der Waals surface area contributed by atoms with Crippen LogP contribution in [0.15, 0.2) is 30.3 Å². The largest absolute Gasteiger partial charge is 0.326 e. The zero-order valence-corrected chi connectivity index (χ0v) is 9.82. The monoisotopic (exact) mass is 235 g/mol. The van der Waals surface area contributed by atoms with Crippen molar-refractivity contribution in [2.75, 3.05) is 5.32 Å². The maximum atomic E-state index is 11.2. The van der Waals surface area contributed by atoms with Crippen LogP contribution in [0.5, 0.6) is 0 Å². The molecule has 1 aromatic carbocycles. The second-order valence-electron chi connectivity index (χ2n) is 3.01. The molecular formula is C10H15Cl2NO. The molecule has 0 unspecified atom stereocenters. The van der Waals surface area contributed by atoms with Crippen LogP contribution in [0.3, 0.4) is 0 Å². The molecule has 0 spiro atoms. The minimum atomic E-state index is 0. The number of anilines is 1. The lowest BCUT2D eigenvalue weighted by Gasteiger charge is -2.06. The summed E-state index contributed by atoms with van der Waals surface area (Å²) >= 11 is 0. The number of hydrogen-bond donors (Lipinski definition) is 1. The molecule has 0 saturated heterocycles. The highest BCUT2D eigenvalue weighted by molar-refractivity contribution is 5.91. The van der Waals surface area contributed by atoms with Gasteiger partial charge in [-0.2, -0.15) is 0 Å². The van der Waals surface area contributed by atoms with Crippen LogP contribution in [-0.4, -0.2) is 5.91 Å². The first-order chi connectivity index (χ1) is 5.70. The lowest BCUT2D eigenvalue weighted by molar-refractivity contribution is -0.118. The van der Waals surface area contributed by atoms with Crippen molar-refractivity contribution in [2.45, 2.75) is 13.8 Å². The van der Waals surface area contributed by atoms with E-state index in [-0.39, 0.29) is 36.6 Å². The number of nitrogens with one attached hydrogen (secondary N) is 1. The summed E-state index contributed by atoms with van der Waals surface area (Å²) in [5, 5.41) is 2.80. The van der Waals surface area contributed by atoms with Crippen molar-refractivity contribution in [3.8, 4) is 0 Å². The van der Waals surface area contributed by atoms with Crippen molar-refractivity contribution < 1.29 is 4.79 Å². The van der Waals surface area contributed by atoms with Crippen molar-refractivity contribution in [3.63, 3.8) is 0 Å². The first-order valence-electron chi connectivity index (χ1n) is 4.06. The number of hydrogen-bond acceptors (Lipinski definition) is 1. The number of para-hydroxylation sites is 1. The molecule has 80 valence electrons. The number of carbonyl (C=O) groups is 1. The molecule has 2 nitrogen and oxygen atoms in total. The molecule has 0 aliphatic carbocycles. The molecular weight excluding hydrogens is 221 g/mol. The van der Waals surface area contributed by atoms with Crippen molar-refractivity contribution in [1.82, 2.24) is 0 Å². The number of halogens is 2. The summed E-state index contributed by atoms with van der Waals surface area (Å²) in [7, 11) is 0. The molecule has 0 saturated carbocycles. The van der Waals surface area contributed by atoms with Gasteiger partial charge in [-0.25, -0.2) is 0 Å². The molecule has 1 rings (SSSR count). The molecule has 0 aliphatic rings. The Hall–Kier alpha value is -0.730. The standard InChI is InChI=1S/C10H13NO.2ClH/c1-8(2)10(12)11-9-6-4-3-5-7-9;;/h3-8H,1-2H3,(H,11,12);2*1H. The van der Waals surface area contributed by atoms with E-state index in [0.29, 0.717) is 0 Å². The van der Waals surface area contributed by atoms with Gasteiger partial charge in [0.2, 0.25) is 5.91 Å². The van der Waals surface area contributed by atoms with Crippen LogP contribution >= 0.6 is 24.8 Å². The summed E-state index contributed by atoms with van der Waals surface area (Å²) in [6.07, 6.45) is 0. The highest BCUT2D eigenvalue weighted by atomic mass is 35.5. The second kappa shape index (κ2) is 7.65. The predicted octanol–water partition coefficient (Wildman–Crippen LogP) is 3.12. The summed E-state index contributed by atoms with van der Waals surface area (Å²) in [4.78, 5) is 11.2. The zero-order valence-electron chi connectivity index (χ0n) is 8.19. The predicted molar refractivity (Wildman–Crippen MR) is 64.4 cm³/mol. The van der Waals surface area contributed by atoms with Crippen LogP contribution in [0.25, 0.3) is 0 Å². The average Bonchev–Trinajstić information content (AvgIpc) is 2.06. The fourth-order valence-electron chi connectivity index (χ4n) is 0.808. The summed E-state index contributed by atoms with van der Waals surface area (Å²) in [5.41, 5.74) is 0.858. The van der Waals surface area contributed by atoms with Crippen molar-refractivity contribution >= 4 is 36.4 Å². The molecule has 1 aromatic rings. The lowest BCUT2D eigenvalue weighted by atomic mass is 10.2. The zero-order chi connectivity index (χ0) is 8.97. The SMILES string of the molecule is CC(C)C(=O)Nc1ccccc1.Cl.Cl. The molecule has 0 bridgehead atoms. The Morgan fingerprint density at radius 1 is 1.14 bits per heavy atom. The minimum absolute atomic E-state index is 0. The Kier molecular flexibility index (Phi) is 8.60. The van der Waals surface area contributed by atoms with Crippen LogP contribution in [0.1, 0.15) is 13.8 Å². The van der Waals surface area contributed by atoms with Gasteiger partial charge in [0.25, 0.3) is 0 Å². The van der Waals surface area contributed by atoms with Crippen LogP contribution in [0.2, 0.25) is 0 Å². The molecule has 0 heterocycles. The van der Waals surface area contributed by atoms with E-state index in [0.717, 1.165) is 5.69 Å². The smallest absolute Gasteiger partial charge is 0.226 e. The van der Waals surface area contributed by atoms with Gasteiger partial charge in [-0.05, 0) is 12.1 Å². The second-order valence-corrected chi connectivity index (χ2v) is 3.01. The summed E-state index contributed by atoms with van der Waals surface area (Å²) < 4.78 is 0. The lowest BCUT2D eigenvalue weighted by Crippen LogP contribution is -2.17. The minimum Gasteiger partial charge on any atom is -0.326 e. The average molecular weight is 236 g/mol. The summed E-state index contributed by atoms with van der Waals surface area (Å²) in [6, 6.07) is 9.47. The van der Waals surface area contributed by atoms with Gasteiger partial charge in [0.1, 0.15) is 0 Å². The van der Waals surface area contributed by atoms with Gasteiger partial charge in [0, 0.05) is 11.6 Å². The molecule has 4 heteroatoms. The fraction of sp³-hybridized carbons (Fsp3) is 0.300. The maximum absolute atomic E-state index is 11.2. The van der Waals surface area contributed by atoms with E-state index in [1.54, 1.807) is 0 Å². The first-order valence-corrected chi connectivity index (χ1v) is 4.06. The molecule has 1 amide bonds. The van der Waals surface area contributed by atoms with E-state index >= 15 is 0 Å². The van der Waals surface area contributed by atoms with Gasteiger partial charge >= 0.3 is 0 Å². The van der Waals surface area contributed by atoms with E-state index in [1.807, 2.05) is 44.2 Å². The van der Waals surface area contributed by atoms with E-state index < -0.39 is 0 Å². The number of carbonyl (C=O) groups excluding carboxylic acids is 1. The van der Waals surface area contributed by atoms with Gasteiger partial charge in [-0.3, -0.25) is 4.79 Å². The van der Waals surface area contributed by atoms with Gasteiger partial charge in [-0.1, -0.05) is 32.0 Å². The third kappa shape index (κ3) is 5.10. The van der Waals surface area contributed by atoms with Gasteiger partial charge in [-0.15, -0.1) is 24.8 Å². The van der Waals surface area contributed by atoms with Crippen LogP contribution in [0, 0.1) is 5.92 Å². The third-order valence-electron chi connectivity index (χ3n) is 1.57. The third-order valence-corrected chi connectivity index (χ3v) is 1.57. The van der Waals surface area contributed by atoms with E-state index in [9.17, 15) is 4.79 Å².